The molecule has 1 saturated heterocycles. The van der Waals surface area contributed by atoms with Gasteiger partial charge in [-0.15, -0.1) is 0 Å². The van der Waals surface area contributed by atoms with Gasteiger partial charge in [-0.3, -0.25) is 4.79 Å². The maximum atomic E-state index is 12.7. The van der Waals surface area contributed by atoms with E-state index < -0.39 is 0 Å². The van der Waals surface area contributed by atoms with Gasteiger partial charge in [0.2, 0.25) is 11.9 Å². The lowest BCUT2D eigenvalue weighted by Gasteiger charge is -2.33. The molecule has 1 aliphatic rings. The minimum absolute atomic E-state index is 0.0753. The van der Waals surface area contributed by atoms with Crippen molar-refractivity contribution in [3.05, 3.63) is 59.2 Å². The Balaban J connectivity index is 1.45. The van der Waals surface area contributed by atoms with E-state index in [0.29, 0.717) is 12.6 Å². The molecule has 30 heavy (non-hydrogen) atoms. The Morgan fingerprint density at radius 3 is 2.43 bits per heavy atom. The number of rotatable bonds is 5. The molecule has 0 unspecified atom stereocenters. The molecule has 1 aromatic heterocycles. The van der Waals surface area contributed by atoms with Crippen molar-refractivity contribution < 1.29 is 4.79 Å². The summed E-state index contributed by atoms with van der Waals surface area (Å²) in [6, 6.07) is 14.9. The lowest BCUT2D eigenvalue weighted by molar-refractivity contribution is -0.125. The summed E-state index contributed by atoms with van der Waals surface area (Å²) >= 11 is 0. The van der Waals surface area contributed by atoms with Crippen LogP contribution >= 0.6 is 0 Å². The van der Waals surface area contributed by atoms with Gasteiger partial charge in [0.05, 0.1) is 11.0 Å². The number of aromatic nitrogens is 2. The zero-order valence-electron chi connectivity index (χ0n) is 18.5. The van der Waals surface area contributed by atoms with E-state index in [4.69, 9.17) is 4.98 Å². The molecule has 0 aliphatic carbocycles. The zero-order chi connectivity index (χ0) is 21.3. The van der Waals surface area contributed by atoms with E-state index >= 15 is 0 Å². The summed E-state index contributed by atoms with van der Waals surface area (Å²) in [5.74, 6) is 1.28. The molecule has 0 radical (unpaired) electrons. The van der Waals surface area contributed by atoms with Gasteiger partial charge in [0.15, 0.2) is 0 Å². The number of piperidine rings is 1. The van der Waals surface area contributed by atoms with E-state index in [9.17, 15) is 4.79 Å². The number of amides is 1. The van der Waals surface area contributed by atoms with Crippen molar-refractivity contribution in [3.63, 3.8) is 0 Å². The Morgan fingerprint density at radius 2 is 1.77 bits per heavy atom. The molecule has 158 valence electrons. The number of hydrogen-bond acceptors (Lipinski definition) is 3. The van der Waals surface area contributed by atoms with Crippen molar-refractivity contribution >= 4 is 22.9 Å². The van der Waals surface area contributed by atoms with Crippen molar-refractivity contribution in [2.24, 2.45) is 5.92 Å². The number of hydrogen-bond donors (Lipinski definition) is 1. The van der Waals surface area contributed by atoms with E-state index in [0.717, 1.165) is 43.0 Å². The molecule has 1 amide bonds. The highest BCUT2D eigenvalue weighted by Crippen LogP contribution is 2.31. The number of carbonyl (C=O) groups excluding carboxylic acids is 1. The van der Waals surface area contributed by atoms with Gasteiger partial charge in [0.25, 0.3) is 0 Å². The molecule has 2 aromatic carbocycles. The van der Waals surface area contributed by atoms with Crippen molar-refractivity contribution in [3.8, 4) is 0 Å². The van der Waals surface area contributed by atoms with Crippen LogP contribution in [0.5, 0.6) is 0 Å². The van der Waals surface area contributed by atoms with Crippen molar-refractivity contribution in [2.75, 3.05) is 18.0 Å². The first-order chi connectivity index (χ1) is 14.4. The Kier molecular flexibility index (Phi) is 5.80. The molecule has 1 fully saturated rings. The SMILES string of the molecule is Cc1cc2nc(N3CCC(C(=O)NCc4ccccc4)CC3)n(C(C)C)c2cc1C. The lowest BCUT2D eigenvalue weighted by Crippen LogP contribution is -2.41. The van der Waals surface area contributed by atoms with Crippen LogP contribution < -0.4 is 10.2 Å². The Morgan fingerprint density at radius 1 is 1.10 bits per heavy atom. The average Bonchev–Trinajstić information content (AvgIpc) is 3.11. The number of carbonyl (C=O) groups is 1. The Bertz CT molecular complexity index is 1030. The molecule has 5 nitrogen and oxygen atoms in total. The normalized spacial score (nSPS) is 15.2. The second-order valence-electron chi connectivity index (χ2n) is 8.77. The molecule has 4 rings (SSSR count). The van der Waals surface area contributed by atoms with E-state index in [2.05, 4.69) is 54.6 Å². The Labute approximate surface area is 179 Å². The number of aryl methyl sites for hydroxylation is 2. The van der Waals surface area contributed by atoms with Gasteiger partial charge < -0.3 is 14.8 Å². The van der Waals surface area contributed by atoms with E-state index in [1.54, 1.807) is 0 Å². The second-order valence-corrected chi connectivity index (χ2v) is 8.77. The molecule has 1 N–H and O–H groups in total. The predicted octanol–water partition coefficient (Wildman–Crippen LogP) is 4.77. The summed E-state index contributed by atoms with van der Waals surface area (Å²) in [7, 11) is 0. The van der Waals surface area contributed by atoms with Gasteiger partial charge in [-0.25, -0.2) is 4.98 Å². The standard InChI is InChI=1S/C25H32N4O/c1-17(2)29-23-15-19(4)18(3)14-22(23)27-25(29)28-12-10-21(11-13-28)24(30)26-16-20-8-6-5-7-9-20/h5-9,14-15,17,21H,10-13,16H2,1-4H3,(H,26,30). The molecule has 0 spiro atoms. The maximum absolute atomic E-state index is 12.7. The number of nitrogens with one attached hydrogen (secondary N) is 1. The lowest BCUT2D eigenvalue weighted by atomic mass is 9.96. The fourth-order valence-electron chi connectivity index (χ4n) is 4.34. The van der Waals surface area contributed by atoms with Crippen molar-refractivity contribution in [2.45, 2.75) is 53.1 Å². The summed E-state index contributed by atoms with van der Waals surface area (Å²) in [6.07, 6.45) is 1.72. The second kappa shape index (κ2) is 8.50. The fraction of sp³-hybridized carbons (Fsp3) is 0.440. The largest absolute Gasteiger partial charge is 0.352 e. The van der Waals surface area contributed by atoms with Crippen LogP contribution in [0, 0.1) is 19.8 Å². The third kappa shape index (κ3) is 4.07. The maximum Gasteiger partial charge on any atom is 0.223 e. The summed E-state index contributed by atoms with van der Waals surface area (Å²) in [5, 5.41) is 3.11. The number of nitrogens with zero attached hydrogens (tertiary/aromatic N) is 3. The highest BCUT2D eigenvalue weighted by atomic mass is 16.1. The molecular weight excluding hydrogens is 372 g/mol. The average molecular weight is 405 g/mol. The van der Waals surface area contributed by atoms with Gasteiger partial charge in [-0.05, 0) is 69.4 Å². The quantitative estimate of drug-likeness (QED) is 0.667. The van der Waals surface area contributed by atoms with Crippen LogP contribution in [0.4, 0.5) is 5.95 Å². The minimum Gasteiger partial charge on any atom is -0.352 e. The summed E-state index contributed by atoms with van der Waals surface area (Å²) in [5.41, 5.74) is 5.97. The first-order valence-electron chi connectivity index (χ1n) is 11.0. The van der Waals surface area contributed by atoms with Crippen LogP contribution in [0.2, 0.25) is 0 Å². The van der Waals surface area contributed by atoms with Gasteiger partial charge in [-0.1, -0.05) is 30.3 Å². The highest BCUT2D eigenvalue weighted by molar-refractivity contribution is 5.81. The van der Waals surface area contributed by atoms with Gasteiger partial charge in [0, 0.05) is 31.6 Å². The molecular formula is C25H32N4O. The van der Waals surface area contributed by atoms with Gasteiger partial charge in [-0.2, -0.15) is 0 Å². The molecule has 3 aromatic rings. The van der Waals surface area contributed by atoms with Gasteiger partial charge >= 0.3 is 0 Å². The van der Waals surface area contributed by atoms with Crippen LogP contribution in [0.15, 0.2) is 42.5 Å². The summed E-state index contributed by atoms with van der Waals surface area (Å²) in [4.78, 5) is 20.0. The topological polar surface area (TPSA) is 50.2 Å². The molecule has 0 atom stereocenters. The summed E-state index contributed by atoms with van der Waals surface area (Å²) < 4.78 is 2.34. The Hall–Kier alpha value is -2.82. The predicted molar refractivity (Wildman–Crippen MR) is 123 cm³/mol. The van der Waals surface area contributed by atoms with E-state index in [-0.39, 0.29) is 11.8 Å². The fourth-order valence-corrected chi connectivity index (χ4v) is 4.34. The third-order valence-electron chi connectivity index (χ3n) is 6.26. The number of fused-ring (bicyclic) bond motifs is 1. The highest BCUT2D eigenvalue weighted by Gasteiger charge is 2.28. The monoisotopic (exact) mass is 404 g/mol. The molecule has 0 saturated carbocycles. The smallest absolute Gasteiger partial charge is 0.223 e. The third-order valence-corrected chi connectivity index (χ3v) is 6.26. The van der Waals surface area contributed by atoms with Crippen LogP contribution in [0.3, 0.4) is 0 Å². The van der Waals surface area contributed by atoms with Crippen LogP contribution in [-0.4, -0.2) is 28.5 Å². The molecule has 2 heterocycles. The molecule has 1 aliphatic heterocycles. The van der Waals surface area contributed by atoms with Crippen LogP contribution in [0.25, 0.3) is 11.0 Å². The van der Waals surface area contributed by atoms with Crippen molar-refractivity contribution in [1.82, 2.24) is 14.9 Å². The van der Waals surface area contributed by atoms with E-state index in [1.165, 1.54) is 16.6 Å². The van der Waals surface area contributed by atoms with Gasteiger partial charge in [0.1, 0.15) is 0 Å². The van der Waals surface area contributed by atoms with Crippen molar-refractivity contribution in [1.29, 1.82) is 0 Å². The minimum atomic E-state index is 0.0753. The summed E-state index contributed by atoms with van der Waals surface area (Å²) in [6.45, 7) is 11.0. The first kappa shape index (κ1) is 20.5. The van der Waals surface area contributed by atoms with E-state index in [1.807, 2.05) is 30.3 Å². The molecule has 0 bridgehead atoms. The number of benzene rings is 2. The van der Waals surface area contributed by atoms with Crippen LogP contribution in [-0.2, 0) is 11.3 Å². The number of imidazole rings is 1. The zero-order valence-corrected chi connectivity index (χ0v) is 18.5. The first-order valence-corrected chi connectivity index (χ1v) is 11.0. The molecule has 5 heteroatoms. The van der Waals surface area contributed by atoms with Crippen LogP contribution in [0.1, 0.15) is 49.4 Å². The number of anilines is 1.